The van der Waals surface area contributed by atoms with Gasteiger partial charge in [-0.3, -0.25) is 4.68 Å². The summed E-state index contributed by atoms with van der Waals surface area (Å²) in [6.07, 6.45) is 1.58. The molecular formula is C12H16N4S. The van der Waals surface area contributed by atoms with E-state index in [1.807, 2.05) is 24.9 Å². The molecule has 1 aromatic heterocycles. The van der Waals surface area contributed by atoms with E-state index in [0.29, 0.717) is 0 Å². The van der Waals surface area contributed by atoms with Gasteiger partial charge in [-0.2, -0.15) is 5.10 Å². The van der Waals surface area contributed by atoms with Gasteiger partial charge in [0.2, 0.25) is 0 Å². The van der Waals surface area contributed by atoms with Crippen LogP contribution in [0.1, 0.15) is 5.82 Å². The van der Waals surface area contributed by atoms with E-state index in [1.54, 1.807) is 11.0 Å². The summed E-state index contributed by atoms with van der Waals surface area (Å²) in [6.45, 7) is 1.73. The number of aryl methyl sites for hydroxylation is 1. The van der Waals surface area contributed by atoms with Gasteiger partial charge in [0.15, 0.2) is 0 Å². The lowest BCUT2D eigenvalue weighted by Gasteiger charge is -2.04. The van der Waals surface area contributed by atoms with Gasteiger partial charge in [-0.25, -0.2) is 4.98 Å². The van der Waals surface area contributed by atoms with Gasteiger partial charge in [0.25, 0.3) is 0 Å². The highest BCUT2D eigenvalue weighted by molar-refractivity contribution is 7.99. The Morgan fingerprint density at radius 2 is 2.12 bits per heavy atom. The number of benzene rings is 1. The molecule has 0 saturated heterocycles. The van der Waals surface area contributed by atoms with E-state index in [4.69, 9.17) is 0 Å². The number of hydrogen-bond acceptors (Lipinski definition) is 4. The van der Waals surface area contributed by atoms with Crippen LogP contribution in [0, 0.1) is 0 Å². The van der Waals surface area contributed by atoms with Crippen LogP contribution in [0.3, 0.4) is 0 Å². The van der Waals surface area contributed by atoms with E-state index in [2.05, 4.69) is 39.7 Å². The quantitative estimate of drug-likeness (QED) is 0.624. The first-order chi connectivity index (χ1) is 8.36. The van der Waals surface area contributed by atoms with Crippen molar-refractivity contribution < 1.29 is 0 Å². The fraction of sp³-hybridized carbons (Fsp3) is 0.333. The Hall–Kier alpha value is -1.33. The zero-order valence-electron chi connectivity index (χ0n) is 9.84. The number of nitrogens with one attached hydrogen (secondary N) is 1. The number of thioether (sulfide) groups is 1. The molecule has 1 N–H and O–H groups in total. The first kappa shape index (κ1) is 12.1. The molecule has 5 heteroatoms. The molecule has 2 aromatic rings. The van der Waals surface area contributed by atoms with E-state index in [9.17, 15) is 0 Å². The van der Waals surface area contributed by atoms with Gasteiger partial charge in [0.1, 0.15) is 12.2 Å². The maximum absolute atomic E-state index is 4.15. The summed E-state index contributed by atoms with van der Waals surface area (Å²) < 4.78 is 1.79. The zero-order chi connectivity index (χ0) is 11.9. The topological polar surface area (TPSA) is 42.7 Å². The Bertz CT molecular complexity index is 441. The summed E-state index contributed by atoms with van der Waals surface area (Å²) in [5.74, 6) is 2.02. The predicted octanol–water partition coefficient (Wildman–Crippen LogP) is 1.70. The molecule has 0 bridgehead atoms. The summed E-state index contributed by atoms with van der Waals surface area (Å²) in [5, 5.41) is 7.38. The Morgan fingerprint density at radius 3 is 2.82 bits per heavy atom. The van der Waals surface area contributed by atoms with Gasteiger partial charge in [-0.05, 0) is 12.1 Å². The maximum Gasteiger partial charge on any atom is 0.140 e. The highest BCUT2D eigenvalue weighted by Crippen LogP contribution is 2.15. The maximum atomic E-state index is 4.15. The van der Waals surface area contributed by atoms with Crippen molar-refractivity contribution in [1.82, 2.24) is 20.1 Å². The molecule has 0 aliphatic carbocycles. The highest BCUT2D eigenvalue weighted by atomic mass is 32.2. The van der Waals surface area contributed by atoms with Crippen LogP contribution in [0.15, 0.2) is 41.6 Å². The van der Waals surface area contributed by atoms with Gasteiger partial charge < -0.3 is 5.32 Å². The van der Waals surface area contributed by atoms with Crippen molar-refractivity contribution in [2.75, 3.05) is 12.3 Å². The third kappa shape index (κ3) is 3.87. The minimum atomic E-state index is 0.770. The first-order valence-electron chi connectivity index (χ1n) is 5.57. The van der Waals surface area contributed by atoms with Crippen LogP contribution >= 0.6 is 11.8 Å². The van der Waals surface area contributed by atoms with Crippen molar-refractivity contribution in [3.05, 3.63) is 42.5 Å². The van der Waals surface area contributed by atoms with E-state index in [-0.39, 0.29) is 0 Å². The van der Waals surface area contributed by atoms with Crippen LogP contribution in [-0.2, 0) is 13.6 Å². The van der Waals surface area contributed by atoms with Crippen LogP contribution in [0.4, 0.5) is 0 Å². The molecule has 0 aliphatic heterocycles. The van der Waals surface area contributed by atoms with Crippen molar-refractivity contribution in [2.24, 2.45) is 7.05 Å². The molecule has 0 spiro atoms. The van der Waals surface area contributed by atoms with Gasteiger partial charge in [0.05, 0.1) is 6.54 Å². The Balaban J connectivity index is 1.63. The molecule has 2 rings (SSSR count). The van der Waals surface area contributed by atoms with Crippen molar-refractivity contribution in [2.45, 2.75) is 11.4 Å². The van der Waals surface area contributed by atoms with E-state index in [1.165, 1.54) is 4.90 Å². The molecule has 0 saturated carbocycles. The smallest absolute Gasteiger partial charge is 0.140 e. The second-order valence-electron chi connectivity index (χ2n) is 3.64. The molecule has 0 aliphatic rings. The van der Waals surface area contributed by atoms with E-state index >= 15 is 0 Å². The third-order valence-corrected chi connectivity index (χ3v) is 3.39. The molecular weight excluding hydrogens is 232 g/mol. The van der Waals surface area contributed by atoms with Crippen molar-refractivity contribution in [3.8, 4) is 0 Å². The minimum Gasteiger partial charge on any atom is -0.309 e. The van der Waals surface area contributed by atoms with Crippen LogP contribution in [0.2, 0.25) is 0 Å². The Labute approximate surface area is 105 Å². The monoisotopic (exact) mass is 248 g/mol. The van der Waals surface area contributed by atoms with Crippen LogP contribution in [-0.4, -0.2) is 27.1 Å². The van der Waals surface area contributed by atoms with Gasteiger partial charge >= 0.3 is 0 Å². The summed E-state index contributed by atoms with van der Waals surface area (Å²) in [4.78, 5) is 5.47. The normalized spacial score (nSPS) is 10.6. The SMILES string of the molecule is Cn1ncnc1CNCCSc1ccccc1. The highest BCUT2D eigenvalue weighted by Gasteiger charge is 1.98. The standard InChI is InChI=1S/C12H16N4S/c1-16-12(14-10-15-16)9-13-7-8-17-11-5-3-2-4-6-11/h2-6,10,13H,7-9H2,1H3. The lowest BCUT2D eigenvalue weighted by atomic mass is 10.4. The zero-order valence-corrected chi connectivity index (χ0v) is 10.7. The molecule has 1 heterocycles. The van der Waals surface area contributed by atoms with Crippen molar-refractivity contribution >= 4 is 11.8 Å². The summed E-state index contributed by atoms with van der Waals surface area (Å²) in [6, 6.07) is 10.4. The molecule has 0 unspecified atom stereocenters. The summed E-state index contributed by atoms with van der Waals surface area (Å²) in [5.41, 5.74) is 0. The fourth-order valence-corrected chi connectivity index (χ4v) is 2.27. The molecule has 4 nitrogen and oxygen atoms in total. The largest absolute Gasteiger partial charge is 0.309 e. The minimum absolute atomic E-state index is 0.770. The molecule has 0 fully saturated rings. The van der Waals surface area contributed by atoms with Gasteiger partial charge in [-0.1, -0.05) is 18.2 Å². The van der Waals surface area contributed by atoms with E-state index < -0.39 is 0 Å². The predicted molar refractivity (Wildman–Crippen MR) is 69.9 cm³/mol. The van der Waals surface area contributed by atoms with Crippen molar-refractivity contribution in [1.29, 1.82) is 0 Å². The van der Waals surface area contributed by atoms with Crippen LogP contribution in [0.5, 0.6) is 0 Å². The lowest BCUT2D eigenvalue weighted by molar-refractivity contribution is 0.632. The lowest BCUT2D eigenvalue weighted by Crippen LogP contribution is -2.19. The number of nitrogens with zero attached hydrogens (tertiary/aromatic N) is 3. The molecule has 1 aromatic carbocycles. The molecule has 0 radical (unpaired) electrons. The average Bonchev–Trinajstić information content (AvgIpc) is 2.76. The van der Waals surface area contributed by atoms with Crippen LogP contribution < -0.4 is 5.32 Å². The molecule has 90 valence electrons. The van der Waals surface area contributed by atoms with Crippen LogP contribution in [0.25, 0.3) is 0 Å². The second kappa shape index (κ2) is 6.42. The number of hydrogen-bond donors (Lipinski definition) is 1. The fourth-order valence-electron chi connectivity index (χ4n) is 1.44. The summed E-state index contributed by atoms with van der Waals surface area (Å²) >= 11 is 1.86. The van der Waals surface area contributed by atoms with Crippen molar-refractivity contribution in [3.63, 3.8) is 0 Å². The summed E-state index contributed by atoms with van der Waals surface area (Å²) in [7, 11) is 1.91. The number of aromatic nitrogens is 3. The third-order valence-electron chi connectivity index (χ3n) is 2.38. The van der Waals surface area contributed by atoms with Gasteiger partial charge in [-0.15, -0.1) is 11.8 Å². The first-order valence-corrected chi connectivity index (χ1v) is 6.56. The van der Waals surface area contributed by atoms with Gasteiger partial charge in [0, 0.05) is 24.2 Å². The Morgan fingerprint density at radius 1 is 1.29 bits per heavy atom. The average molecular weight is 248 g/mol. The second-order valence-corrected chi connectivity index (χ2v) is 4.81. The molecule has 17 heavy (non-hydrogen) atoms. The number of rotatable bonds is 6. The molecule has 0 atom stereocenters. The Kier molecular flexibility index (Phi) is 4.58. The van der Waals surface area contributed by atoms with E-state index in [0.717, 1.165) is 24.7 Å². The molecule has 0 amide bonds.